The van der Waals surface area contributed by atoms with Gasteiger partial charge in [0.05, 0.1) is 6.20 Å². The van der Waals surface area contributed by atoms with Crippen LogP contribution in [0.1, 0.15) is 24.6 Å². The lowest BCUT2D eigenvalue weighted by Crippen LogP contribution is -2.42. The van der Waals surface area contributed by atoms with E-state index in [1.807, 2.05) is 6.92 Å². The number of rotatable bonds is 7. The van der Waals surface area contributed by atoms with Crippen molar-refractivity contribution in [3.8, 4) is 0 Å². The smallest absolute Gasteiger partial charge is 0.323 e. The number of amides is 2. The molecule has 0 atom stereocenters. The maximum Gasteiger partial charge on any atom is 0.323 e. The third kappa shape index (κ3) is 4.99. The standard InChI is InChI=1S/C12H20N4O3/c1-3-16(8-11(17)18)12(19)13-6-4-5-10-7-14-15-9(10)2/h7H,3-6,8H2,1-2H3,(H,13,19)(H,14,15)(H,17,18). The van der Waals surface area contributed by atoms with Gasteiger partial charge in [-0.15, -0.1) is 0 Å². The summed E-state index contributed by atoms with van der Waals surface area (Å²) >= 11 is 0. The van der Waals surface area contributed by atoms with E-state index in [0.717, 1.165) is 24.1 Å². The van der Waals surface area contributed by atoms with Crippen LogP contribution >= 0.6 is 0 Å². The Balaban J connectivity index is 2.26. The zero-order valence-electron chi connectivity index (χ0n) is 11.3. The summed E-state index contributed by atoms with van der Waals surface area (Å²) in [7, 11) is 0. The van der Waals surface area contributed by atoms with Crippen LogP contribution in [0, 0.1) is 6.92 Å². The van der Waals surface area contributed by atoms with Crippen LogP contribution in [-0.4, -0.2) is 51.8 Å². The molecule has 3 N–H and O–H groups in total. The summed E-state index contributed by atoms with van der Waals surface area (Å²) in [6.07, 6.45) is 3.39. The third-order valence-corrected chi connectivity index (χ3v) is 2.83. The molecule has 19 heavy (non-hydrogen) atoms. The maximum atomic E-state index is 11.7. The number of carboxylic acid groups (broad SMARTS) is 1. The second-order valence-corrected chi connectivity index (χ2v) is 4.26. The van der Waals surface area contributed by atoms with Crippen LogP contribution in [0.25, 0.3) is 0 Å². The van der Waals surface area contributed by atoms with E-state index in [4.69, 9.17) is 5.11 Å². The Morgan fingerprint density at radius 1 is 1.53 bits per heavy atom. The molecule has 1 heterocycles. The van der Waals surface area contributed by atoms with Crippen molar-refractivity contribution in [3.63, 3.8) is 0 Å². The lowest BCUT2D eigenvalue weighted by molar-refractivity contribution is -0.137. The third-order valence-electron chi connectivity index (χ3n) is 2.83. The first-order chi connectivity index (χ1) is 9.04. The summed E-state index contributed by atoms with van der Waals surface area (Å²) in [6, 6.07) is -0.339. The SMILES string of the molecule is CCN(CC(=O)O)C(=O)NCCCc1cn[nH]c1C. The lowest BCUT2D eigenvalue weighted by atomic mass is 10.1. The van der Waals surface area contributed by atoms with E-state index in [9.17, 15) is 9.59 Å². The number of urea groups is 1. The van der Waals surface area contributed by atoms with E-state index < -0.39 is 5.97 Å². The highest BCUT2D eigenvalue weighted by molar-refractivity contribution is 5.79. The number of nitrogens with zero attached hydrogens (tertiary/aromatic N) is 2. The van der Waals surface area contributed by atoms with E-state index >= 15 is 0 Å². The monoisotopic (exact) mass is 268 g/mol. The molecule has 7 nitrogen and oxygen atoms in total. The first kappa shape index (κ1) is 15.0. The molecule has 0 aliphatic rings. The number of carbonyl (C=O) groups is 2. The van der Waals surface area contributed by atoms with E-state index in [1.165, 1.54) is 4.90 Å². The number of likely N-dealkylation sites (N-methyl/N-ethyl adjacent to an activating group) is 1. The minimum absolute atomic E-state index is 0.275. The molecule has 7 heteroatoms. The largest absolute Gasteiger partial charge is 0.480 e. The van der Waals surface area contributed by atoms with Gasteiger partial charge in [-0.1, -0.05) is 0 Å². The molecule has 0 bridgehead atoms. The number of hydrogen-bond acceptors (Lipinski definition) is 3. The zero-order chi connectivity index (χ0) is 14.3. The van der Waals surface area contributed by atoms with Crippen molar-refractivity contribution >= 4 is 12.0 Å². The molecule has 0 aliphatic heterocycles. The van der Waals surface area contributed by atoms with Gasteiger partial charge >= 0.3 is 12.0 Å². The van der Waals surface area contributed by atoms with Gasteiger partial charge in [0.15, 0.2) is 0 Å². The van der Waals surface area contributed by atoms with Crippen molar-refractivity contribution in [1.82, 2.24) is 20.4 Å². The highest BCUT2D eigenvalue weighted by atomic mass is 16.4. The molecule has 1 aromatic rings. The van der Waals surface area contributed by atoms with Gasteiger partial charge in [-0.05, 0) is 32.3 Å². The number of aryl methyl sites for hydroxylation is 2. The molecule has 106 valence electrons. The average molecular weight is 268 g/mol. The minimum atomic E-state index is -1.01. The van der Waals surface area contributed by atoms with Crippen molar-refractivity contribution in [2.24, 2.45) is 0 Å². The molecule has 0 aromatic carbocycles. The average Bonchev–Trinajstić information content (AvgIpc) is 2.77. The predicted molar refractivity (Wildman–Crippen MR) is 69.9 cm³/mol. The Labute approximate surface area is 112 Å². The van der Waals surface area contributed by atoms with Gasteiger partial charge in [-0.25, -0.2) is 4.79 Å². The van der Waals surface area contributed by atoms with Gasteiger partial charge in [0.25, 0.3) is 0 Å². The molecule has 2 amide bonds. The Kier molecular flexibility index (Phi) is 5.84. The summed E-state index contributed by atoms with van der Waals surface area (Å²) in [5.74, 6) is -1.01. The second-order valence-electron chi connectivity index (χ2n) is 4.26. The van der Waals surface area contributed by atoms with Gasteiger partial charge in [-0.2, -0.15) is 5.10 Å². The Hall–Kier alpha value is -2.05. The maximum absolute atomic E-state index is 11.7. The van der Waals surface area contributed by atoms with Crippen LogP contribution in [0.2, 0.25) is 0 Å². The highest BCUT2D eigenvalue weighted by Gasteiger charge is 2.13. The number of H-pyrrole nitrogens is 1. The van der Waals surface area contributed by atoms with Crippen LogP contribution in [-0.2, 0) is 11.2 Å². The van der Waals surface area contributed by atoms with Crippen LogP contribution in [0.4, 0.5) is 4.79 Å². The Bertz CT molecular complexity index is 430. The lowest BCUT2D eigenvalue weighted by Gasteiger charge is -2.19. The molecule has 0 fully saturated rings. The summed E-state index contributed by atoms with van der Waals surface area (Å²) in [6.45, 7) is 4.31. The van der Waals surface area contributed by atoms with Crippen LogP contribution in [0.5, 0.6) is 0 Å². The number of carbonyl (C=O) groups excluding carboxylic acids is 1. The number of carboxylic acids is 1. The second kappa shape index (κ2) is 7.40. The molecule has 0 saturated heterocycles. The highest BCUT2D eigenvalue weighted by Crippen LogP contribution is 2.05. The van der Waals surface area contributed by atoms with Gasteiger partial charge in [0.1, 0.15) is 6.54 Å². The molecule has 1 rings (SSSR count). The summed E-state index contributed by atoms with van der Waals surface area (Å²) in [4.78, 5) is 23.5. The number of hydrogen-bond donors (Lipinski definition) is 3. The van der Waals surface area contributed by atoms with E-state index in [2.05, 4.69) is 15.5 Å². The quantitative estimate of drug-likeness (QED) is 0.636. The fourth-order valence-electron chi connectivity index (χ4n) is 1.70. The van der Waals surface area contributed by atoms with E-state index in [1.54, 1.807) is 13.1 Å². The van der Waals surface area contributed by atoms with Crippen molar-refractivity contribution in [1.29, 1.82) is 0 Å². The molecule has 0 spiro atoms. The minimum Gasteiger partial charge on any atom is -0.480 e. The summed E-state index contributed by atoms with van der Waals surface area (Å²) in [5.41, 5.74) is 2.17. The Morgan fingerprint density at radius 2 is 2.26 bits per heavy atom. The first-order valence-corrected chi connectivity index (χ1v) is 6.28. The number of aromatic amines is 1. The normalized spacial score (nSPS) is 10.2. The van der Waals surface area contributed by atoms with Gasteiger partial charge in [-0.3, -0.25) is 9.89 Å². The molecule has 1 aromatic heterocycles. The topological polar surface area (TPSA) is 98.3 Å². The molecule has 0 unspecified atom stereocenters. The van der Waals surface area contributed by atoms with Gasteiger partial charge < -0.3 is 15.3 Å². The van der Waals surface area contributed by atoms with Crippen LogP contribution in [0.15, 0.2) is 6.20 Å². The number of nitrogens with one attached hydrogen (secondary N) is 2. The zero-order valence-corrected chi connectivity index (χ0v) is 11.3. The van der Waals surface area contributed by atoms with Crippen molar-refractivity contribution < 1.29 is 14.7 Å². The van der Waals surface area contributed by atoms with E-state index in [-0.39, 0.29) is 12.6 Å². The molecule has 0 aliphatic carbocycles. The Morgan fingerprint density at radius 3 is 2.79 bits per heavy atom. The van der Waals surface area contributed by atoms with Crippen LogP contribution < -0.4 is 5.32 Å². The molecule has 0 saturated carbocycles. The van der Waals surface area contributed by atoms with Crippen molar-refractivity contribution in [2.45, 2.75) is 26.7 Å². The first-order valence-electron chi connectivity index (χ1n) is 6.28. The number of aliphatic carboxylic acids is 1. The molecule has 0 radical (unpaired) electrons. The predicted octanol–water partition coefficient (Wildman–Crippen LogP) is 0.767. The molecular weight excluding hydrogens is 248 g/mol. The summed E-state index contributed by atoms with van der Waals surface area (Å²) in [5, 5.41) is 18.2. The fourth-order valence-corrected chi connectivity index (χ4v) is 1.70. The molecular formula is C12H20N4O3. The van der Waals surface area contributed by atoms with Crippen molar-refractivity contribution in [3.05, 3.63) is 17.5 Å². The fraction of sp³-hybridized carbons (Fsp3) is 0.583. The summed E-state index contributed by atoms with van der Waals surface area (Å²) < 4.78 is 0. The van der Waals surface area contributed by atoms with Crippen LogP contribution in [0.3, 0.4) is 0 Å². The number of aromatic nitrogens is 2. The van der Waals surface area contributed by atoms with E-state index in [0.29, 0.717) is 13.1 Å². The van der Waals surface area contributed by atoms with Gasteiger partial charge in [0, 0.05) is 18.8 Å². The van der Waals surface area contributed by atoms with Gasteiger partial charge in [0.2, 0.25) is 0 Å². The van der Waals surface area contributed by atoms with Crippen molar-refractivity contribution in [2.75, 3.05) is 19.6 Å².